The number of hydrogen-bond donors (Lipinski definition) is 2. The van der Waals surface area contributed by atoms with Crippen molar-refractivity contribution < 1.29 is 22.7 Å². The van der Waals surface area contributed by atoms with Crippen LogP contribution in [0.2, 0.25) is 5.02 Å². The maximum absolute atomic E-state index is 12.6. The highest BCUT2D eigenvalue weighted by atomic mass is 35.5. The predicted octanol–water partition coefficient (Wildman–Crippen LogP) is 3.69. The Balaban J connectivity index is 2.33. The second kappa shape index (κ2) is 9.27. The van der Waals surface area contributed by atoms with E-state index >= 15 is 0 Å². The number of halogens is 1. The molecule has 0 aliphatic rings. The summed E-state index contributed by atoms with van der Waals surface area (Å²) in [5.41, 5.74) is 0.521. The fourth-order valence-corrected chi connectivity index (χ4v) is 3.95. The Morgan fingerprint density at radius 3 is 2.39 bits per heavy atom. The topological polar surface area (TPSA) is 93.7 Å². The normalized spacial score (nSPS) is 11.4. The van der Waals surface area contributed by atoms with Gasteiger partial charge in [0.25, 0.3) is 5.91 Å². The molecule has 0 saturated carbocycles. The summed E-state index contributed by atoms with van der Waals surface area (Å²) in [6.45, 7) is 5.73. The number of anilines is 1. The highest BCUT2D eigenvalue weighted by molar-refractivity contribution is 7.89. The van der Waals surface area contributed by atoms with E-state index in [4.69, 9.17) is 21.1 Å². The third-order valence-electron chi connectivity index (χ3n) is 3.61. The second-order valence-corrected chi connectivity index (χ2v) is 8.29. The van der Waals surface area contributed by atoms with E-state index in [1.54, 1.807) is 26.0 Å². The molecule has 2 N–H and O–H groups in total. The number of hydrogen-bond acceptors (Lipinski definition) is 5. The summed E-state index contributed by atoms with van der Waals surface area (Å²) < 4.78 is 37.9. The molecule has 0 fully saturated rings. The van der Waals surface area contributed by atoms with Gasteiger partial charge in [0, 0.05) is 11.6 Å². The highest BCUT2D eigenvalue weighted by Crippen LogP contribution is 2.29. The number of sulfonamides is 1. The minimum absolute atomic E-state index is 0.0158. The quantitative estimate of drug-likeness (QED) is 0.671. The van der Waals surface area contributed by atoms with E-state index in [2.05, 4.69) is 10.0 Å². The minimum Gasteiger partial charge on any atom is -0.495 e. The largest absolute Gasteiger partial charge is 0.495 e. The third kappa shape index (κ3) is 5.37. The number of nitrogens with one attached hydrogen (secondary N) is 2. The average molecular weight is 427 g/mol. The van der Waals surface area contributed by atoms with Gasteiger partial charge in [-0.25, -0.2) is 13.1 Å². The summed E-state index contributed by atoms with van der Waals surface area (Å²) in [7, 11) is -2.29. The smallest absolute Gasteiger partial charge is 0.255 e. The van der Waals surface area contributed by atoms with E-state index in [1.807, 2.05) is 6.92 Å². The van der Waals surface area contributed by atoms with Gasteiger partial charge in [-0.05, 0) is 57.2 Å². The van der Waals surface area contributed by atoms with Crippen LogP contribution in [0, 0.1) is 0 Å². The summed E-state index contributed by atoms with van der Waals surface area (Å²) >= 11 is 6.13. The standard InChI is InChI=1S/C19H23ClN2O5S/c1-5-27-17-8-6-13(10-15(17)20)19(23)21-16-11-14(7-9-18(16)26-4)28(24,25)22-12(2)3/h6-12,22H,5H2,1-4H3,(H,21,23). The number of benzene rings is 2. The van der Waals surface area contributed by atoms with E-state index in [0.29, 0.717) is 28.7 Å². The van der Waals surface area contributed by atoms with Crippen LogP contribution in [0.3, 0.4) is 0 Å². The number of carbonyl (C=O) groups excluding carboxylic acids is 1. The molecule has 0 aromatic heterocycles. The van der Waals surface area contributed by atoms with Gasteiger partial charge >= 0.3 is 0 Å². The monoisotopic (exact) mass is 426 g/mol. The number of methoxy groups -OCH3 is 1. The predicted molar refractivity (Wildman–Crippen MR) is 109 cm³/mol. The molecule has 0 atom stereocenters. The SMILES string of the molecule is CCOc1ccc(C(=O)Nc2cc(S(=O)(=O)NC(C)C)ccc2OC)cc1Cl. The second-order valence-electron chi connectivity index (χ2n) is 6.17. The summed E-state index contributed by atoms with van der Waals surface area (Å²) in [6, 6.07) is 8.62. The Morgan fingerprint density at radius 1 is 1.14 bits per heavy atom. The summed E-state index contributed by atoms with van der Waals surface area (Å²) in [5.74, 6) is 0.342. The number of carbonyl (C=O) groups is 1. The van der Waals surface area contributed by atoms with Crippen LogP contribution in [0.4, 0.5) is 5.69 Å². The molecule has 7 nitrogen and oxygen atoms in total. The van der Waals surface area contributed by atoms with Crippen molar-refractivity contribution in [2.24, 2.45) is 0 Å². The molecule has 0 spiro atoms. The van der Waals surface area contributed by atoms with Gasteiger partial charge in [0.15, 0.2) is 0 Å². The van der Waals surface area contributed by atoms with Crippen molar-refractivity contribution in [3.63, 3.8) is 0 Å². The summed E-state index contributed by atoms with van der Waals surface area (Å²) in [5, 5.41) is 2.97. The first-order valence-electron chi connectivity index (χ1n) is 8.62. The molecule has 9 heteroatoms. The fourth-order valence-electron chi connectivity index (χ4n) is 2.44. The first-order valence-corrected chi connectivity index (χ1v) is 10.5. The van der Waals surface area contributed by atoms with Crippen molar-refractivity contribution in [3.05, 3.63) is 47.0 Å². The van der Waals surface area contributed by atoms with Crippen LogP contribution < -0.4 is 19.5 Å². The van der Waals surface area contributed by atoms with Gasteiger partial charge < -0.3 is 14.8 Å². The Labute approximate surface area is 170 Å². The van der Waals surface area contributed by atoms with Gasteiger partial charge in [-0.2, -0.15) is 0 Å². The van der Waals surface area contributed by atoms with Gasteiger partial charge in [-0.15, -0.1) is 0 Å². The van der Waals surface area contributed by atoms with Crippen molar-refractivity contribution in [1.29, 1.82) is 0 Å². The Bertz CT molecular complexity index is 961. The van der Waals surface area contributed by atoms with Crippen molar-refractivity contribution >= 4 is 33.2 Å². The van der Waals surface area contributed by atoms with E-state index < -0.39 is 15.9 Å². The van der Waals surface area contributed by atoms with Crippen LogP contribution in [-0.2, 0) is 10.0 Å². The van der Waals surface area contributed by atoms with Crippen molar-refractivity contribution in [3.8, 4) is 11.5 Å². The molecule has 0 radical (unpaired) electrons. The summed E-state index contributed by atoms with van der Waals surface area (Å²) in [6.07, 6.45) is 0. The Kier molecular flexibility index (Phi) is 7.29. The molecular weight excluding hydrogens is 404 g/mol. The minimum atomic E-state index is -3.72. The molecule has 0 bridgehead atoms. The van der Waals surface area contributed by atoms with Crippen LogP contribution in [0.25, 0.3) is 0 Å². The van der Waals surface area contributed by atoms with Crippen LogP contribution >= 0.6 is 11.6 Å². The van der Waals surface area contributed by atoms with Crippen LogP contribution in [0.15, 0.2) is 41.3 Å². The van der Waals surface area contributed by atoms with Crippen molar-refractivity contribution in [1.82, 2.24) is 4.72 Å². The van der Waals surface area contributed by atoms with Gasteiger partial charge in [0.1, 0.15) is 11.5 Å². The molecule has 1 amide bonds. The highest BCUT2D eigenvalue weighted by Gasteiger charge is 2.19. The first kappa shape index (κ1) is 22.0. The van der Waals surface area contributed by atoms with Gasteiger partial charge in [0.05, 0.1) is 29.3 Å². The van der Waals surface area contributed by atoms with Crippen LogP contribution in [-0.4, -0.2) is 34.1 Å². The van der Waals surface area contributed by atoms with Crippen molar-refractivity contribution in [2.45, 2.75) is 31.7 Å². The fraction of sp³-hybridized carbons (Fsp3) is 0.316. The average Bonchev–Trinajstić information content (AvgIpc) is 2.62. The molecule has 2 rings (SSSR count). The Morgan fingerprint density at radius 2 is 1.82 bits per heavy atom. The number of amides is 1. The number of rotatable bonds is 8. The lowest BCUT2D eigenvalue weighted by Gasteiger charge is -2.14. The van der Waals surface area contributed by atoms with Gasteiger partial charge in [-0.1, -0.05) is 11.6 Å². The van der Waals surface area contributed by atoms with Crippen molar-refractivity contribution in [2.75, 3.05) is 19.0 Å². The lowest BCUT2D eigenvalue weighted by Crippen LogP contribution is -2.30. The molecule has 28 heavy (non-hydrogen) atoms. The first-order chi connectivity index (χ1) is 13.2. The molecule has 0 aliphatic carbocycles. The molecule has 152 valence electrons. The molecule has 0 heterocycles. The maximum Gasteiger partial charge on any atom is 0.255 e. The Hall–Kier alpha value is -2.29. The van der Waals surface area contributed by atoms with E-state index in [0.717, 1.165) is 0 Å². The zero-order chi connectivity index (χ0) is 20.9. The van der Waals surface area contributed by atoms with E-state index in [9.17, 15) is 13.2 Å². The third-order valence-corrected chi connectivity index (χ3v) is 5.57. The van der Waals surface area contributed by atoms with Gasteiger partial charge in [-0.3, -0.25) is 4.79 Å². The van der Waals surface area contributed by atoms with E-state index in [-0.39, 0.29) is 16.6 Å². The lowest BCUT2D eigenvalue weighted by atomic mass is 10.2. The molecule has 2 aromatic rings. The van der Waals surface area contributed by atoms with E-state index in [1.165, 1.54) is 31.4 Å². The van der Waals surface area contributed by atoms with Gasteiger partial charge in [0.2, 0.25) is 10.0 Å². The number of ether oxygens (including phenoxy) is 2. The molecule has 0 saturated heterocycles. The molecular formula is C19H23ClN2O5S. The maximum atomic E-state index is 12.6. The van der Waals surface area contributed by atoms with Crippen LogP contribution in [0.1, 0.15) is 31.1 Å². The molecule has 0 unspecified atom stereocenters. The lowest BCUT2D eigenvalue weighted by molar-refractivity contribution is 0.102. The summed E-state index contributed by atoms with van der Waals surface area (Å²) in [4.78, 5) is 12.6. The zero-order valence-electron chi connectivity index (χ0n) is 16.1. The zero-order valence-corrected chi connectivity index (χ0v) is 17.6. The molecule has 2 aromatic carbocycles. The van der Waals surface area contributed by atoms with Crippen LogP contribution in [0.5, 0.6) is 11.5 Å². The molecule has 0 aliphatic heterocycles.